The van der Waals surface area contributed by atoms with Crippen LogP contribution in [-0.4, -0.2) is 46.2 Å². The second-order valence-electron chi connectivity index (χ2n) is 6.58. The number of ether oxygens (including phenoxy) is 1. The first-order chi connectivity index (χ1) is 12.7. The third-order valence-corrected chi connectivity index (χ3v) is 5.43. The van der Waals surface area contributed by atoms with E-state index in [0.29, 0.717) is 19.1 Å². The molecule has 1 aromatic heterocycles. The van der Waals surface area contributed by atoms with Crippen LogP contribution in [0.3, 0.4) is 0 Å². The Morgan fingerprint density at radius 3 is 2.81 bits per heavy atom. The number of hydrogen-bond donors (Lipinski definition) is 1. The summed E-state index contributed by atoms with van der Waals surface area (Å²) in [6.45, 7) is 3.93. The highest BCUT2D eigenvalue weighted by molar-refractivity contribution is 8.00. The number of benzene rings is 1. The van der Waals surface area contributed by atoms with Crippen LogP contribution in [0.4, 0.5) is 0 Å². The molecule has 1 fully saturated rings. The zero-order valence-electron chi connectivity index (χ0n) is 15.4. The van der Waals surface area contributed by atoms with Crippen LogP contribution in [0.15, 0.2) is 35.5 Å². The molecule has 6 nitrogen and oxygen atoms in total. The van der Waals surface area contributed by atoms with Crippen LogP contribution >= 0.6 is 11.8 Å². The molecule has 1 atom stereocenters. The van der Waals surface area contributed by atoms with Gasteiger partial charge in [-0.15, -0.1) is 10.2 Å². The molecule has 0 radical (unpaired) electrons. The van der Waals surface area contributed by atoms with E-state index in [2.05, 4.69) is 32.2 Å². The maximum atomic E-state index is 12.3. The SMILES string of the molecule is COCCCNC(=O)C(C)Sc1nnc(C2CC2)n1Cc1ccccc1. The Labute approximate surface area is 158 Å². The highest BCUT2D eigenvalue weighted by Gasteiger charge is 2.31. The van der Waals surface area contributed by atoms with E-state index in [0.717, 1.165) is 23.9 Å². The second-order valence-corrected chi connectivity index (χ2v) is 7.89. The lowest BCUT2D eigenvalue weighted by Crippen LogP contribution is -2.32. The Bertz CT molecular complexity index is 716. The van der Waals surface area contributed by atoms with Crippen LogP contribution in [0.5, 0.6) is 0 Å². The molecule has 0 aliphatic heterocycles. The van der Waals surface area contributed by atoms with Crippen molar-refractivity contribution in [3.05, 3.63) is 41.7 Å². The number of carbonyl (C=O) groups is 1. The number of hydrogen-bond acceptors (Lipinski definition) is 5. The smallest absolute Gasteiger partial charge is 0.233 e. The summed E-state index contributed by atoms with van der Waals surface area (Å²) in [5.74, 6) is 1.58. The van der Waals surface area contributed by atoms with E-state index in [9.17, 15) is 4.79 Å². The van der Waals surface area contributed by atoms with Gasteiger partial charge in [0.1, 0.15) is 5.82 Å². The third-order valence-electron chi connectivity index (χ3n) is 4.35. The minimum absolute atomic E-state index is 0.0216. The molecular weight excluding hydrogens is 348 g/mol. The Morgan fingerprint density at radius 1 is 1.35 bits per heavy atom. The first kappa shape index (κ1) is 18.9. The van der Waals surface area contributed by atoms with Gasteiger partial charge < -0.3 is 14.6 Å². The van der Waals surface area contributed by atoms with Crippen LogP contribution in [0.1, 0.15) is 43.5 Å². The van der Waals surface area contributed by atoms with Gasteiger partial charge in [0.2, 0.25) is 5.91 Å². The molecule has 1 amide bonds. The third kappa shape index (κ3) is 5.08. The van der Waals surface area contributed by atoms with Crippen molar-refractivity contribution in [3.8, 4) is 0 Å². The quantitative estimate of drug-likeness (QED) is 0.512. The summed E-state index contributed by atoms with van der Waals surface area (Å²) >= 11 is 1.47. The molecule has 140 valence electrons. The maximum Gasteiger partial charge on any atom is 0.233 e. The predicted molar refractivity (Wildman–Crippen MR) is 102 cm³/mol. The summed E-state index contributed by atoms with van der Waals surface area (Å²) in [4.78, 5) is 12.3. The number of methoxy groups -OCH3 is 1. The summed E-state index contributed by atoms with van der Waals surface area (Å²) < 4.78 is 7.18. The molecule has 1 N–H and O–H groups in total. The van der Waals surface area contributed by atoms with Gasteiger partial charge in [0, 0.05) is 26.2 Å². The monoisotopic (exact) mass is 374 g/mol. The summed E-state index contributed by atoms with van der Waals surface area (Å²) in [7, 11) is 1.66. The van der Waals surface area contributed by atoms with Crippen LogP contribution < -0.4 is 5.32 Å². The second kappa shape index (κ2) is 9.19. The lowest BCUT2D eigenvalue weighted by atomic mass is 10.2. The van der Waals surface area contributed by atoms with E-state index >= 15 is 0 Å². The normalized spacial score (nSPS) is 15.0. The largest absolute Gasteiger partial charge is 0.385 e. The molecule has 1 aliphatic rings. The molecule has 1 heterocycles. The number of thioether (sulfide) groups is 1. The fraction of sp³-hybridized carbons (Fsp3) is 0.526. The van der Waals surface area contributed by atoms with E-state index in [-0.39, 0.29) is 11.2 Å². The predicted octanol–water partition coefficient (Wildman–Crippen LogP) is 2.84. The van der Waals surface area contributed by atoms with E-state index in [1.165, 1.54) is 30.2 Å². The van der Waals surface area contributed by atoms with E-state index in [4.69, 9.17) is 4.74 Å². The molecular formula is C19H26N4O2S. The molecule has 0 saturated heterocycles. The van der Waals surface area contributed by atoms with E-state index in [1.54, 1.807) is 7.11 Å². The Balaban J connectivity index is 1.66. The first-order valence-corrected chi connectivity index (χ1v) is 9.97. The van der Waals surface area contributed by atoms with Crippen molar-refractivity contribution in [2.24, 2.45) is 0 Å². The van der Waals surface area contributed by atoms with Gasteiger partial charge >= 0.3 is 0 Å². The summed E-state index contributed by atoms with van der Waals surface area (Å²) in [6.07, 6.45) is 3.16. The zero-order valence-corrected chi connectivity index (χ0v) is 16.2. The standard InChI is InChI=1S/C19H26N4O2S/c1-14(18(24)20-11-6-12-25-2)26-19-22-21-17(16-9-10-16)23(19)13-15-7-4-3-5-8-15/h3-5,7-8,14,16H,6,9-13H2,1-2H3,(H,20,24). The molecule has 1 saturated carbocycles. The Hall–Kier alpha value is -1.86. The fourth-order valence-electron chi connectivity index (χ4n) is 2.73. The minimum atomic E-state index is -0.219. The minimum Gasteiger partial charge on any atom is -0.385 e. The van der Waals surface area contributed by atoms with Crippen molar-refractivity contribution in [2.45, 2.75) is 49.1 Å². The highest BCUT2D eigenvalue weighted by atomic mass is 32.2. The van der Waals surface area contributed by atoms with Crippen LogP contribution in [-0.2, 0) is 16.1 Å². The summed E-state index contributed by atoms with van der Waals surface area (Å²) in [5, 5.41) is 12.3. The number of carbonyl (C=O) groups excluding carboxylic acids is 1. The lowest BCUT2D eigenvalue weighted by molar-refractivity contribution is -0.120. The van der Waals surface area contributed by atoms with Crippen molar-refractivity contribution >= 4 is 17.7 Å². The molecule has 7 heteroatoms. The van der Waals surface area contributed by atoms with Crippen LogP contribution in [0.2, 0.25) is 0 Å². The molecule has 1 unspecified atom stereocenters. The number of amides is 1. The van der Waals surface area contributed by atoms with Gasteiger partial charge in [0.15, 0.2) is 5.16 Å². The average molecular weight is 375 g/mol. The van der Waals surface area contributed by atoms with Crippen molar-refractivity contribution in [2.75, 3.05) is 20.3 Å². The van der Waals surface area contributed by atoms with Crippen molar-refractivity contribution in [1.82, 2.24) is 20.1 Å². The Morgan fingerprint density at radius 2 is 2.12 bits per heavy atom. The summed E-state index contributed by atoms with van der Waals surface area (Å²) in [6, 6.07) is 10.3. The molecule has 1 aliphatic carbocycles. The first-order valence-electron chi connectivity index (χ1n) is 9.09. The van der Waals surface area contributed by atoms with E-state index in [1.807, 2.05) is 25.1 Å². The lowest BCUT2D eigenvalue weighted by Gasteiger charge is -2.14. The molecule has 0 bridgehead atoms. The van der Waals surface area contributed by atoms with Crippen LogP contribution in [0, 0.1) is 0 Å². The fourth-order valence-corrected chi connectivity index (χ4v) is 3.61. The van der Waals surface area contributed by atoms with Gasteiger partial charge in [-0.05, 0) is 31.7 Å². The van der Waals surface area contributed by atoms with Crippen molar-refractivity contribution in [3.63, 3.8) is 0 Å². The van der Waals surface area contributed by atoms with Gasteiger partial charge in [-0.2, -0.15) is 0 Å². The van der Waals surface area contributed by atoms with Crippen LogP contribution in [0.25, 0.3) is 0 Å². The molecule has 0 spiro atoms. The summed E-state index contributed by atoms with van der Waals surface area (Å²) in [5.41, 5.74) is 1.22. The number of nitrogens with zero attached hydrogens (tertiary/aromatic N) is 3. The van der Waals surface area contributed by atoms with Gasteiger partial charge in [-0.3, -0.25) is 4.79 Å². The number of rotatable bonds is 10. The zero-order chi connectivity index (χ0) is 18.4. The van der Waals surface area contributed by atoms with Gasteiger partial charge in [-0.25, -0.2) is 0 Å². The molecule has 26 heavy (non-hydrogen) atoms. The molecule has 1 aromatic carbocycles. The maximum absolute atomic E-state index is 12.3. The van der Waals surface area contributed by atoms with Crippen molar-refractivity contribution < 1.29 is 9.53 Å². The topological polar surface area (TPSA) is 69.0 Å². The highest BCUT2D eigenvalue weighted by Crippen LogP contribution is 2.40. The number of aromatic nitrogens is 3. The van der Waals surface area contributed by atoms with Gasteiger partial charge in [-0.1, -0.05) is 42.1 Å². The van der Waals surface area contributed by atoms with Gasteiger partial charge in [0.05, 0.1) is 11.8 Å². The van der Waals surface area contributed by atoms with Gasteiger partial charge in [0.25, 0.3) is 0 Å². The molecule has 2 aromatic rings. The Kier molecular flexibility index (Phi) is 6.68. The number of nitrogens with one attached hydrogen (secondary N) is 1. The van der Waals surface area contributed by atoms with E-state index < -0.39 is 0 Å². The molecule has 3 rings (SSSR count). The average Bonchev–Trinajstić information content (AvgIpc) is 3.43. The van der Waals surface area contributed by atoms with Crippen molar-refractivity contribution in [1.29, 1.82) is 0 Å².